The minimum Gasteiger partial charge on any atom is -0.317 e. The van der Waals surface area contributed by atoms with Crippen molar-refractivity contribution in [3.8, 4) is 0 Å². The van der Waals surface area contributed by atoms with Gasteiger partial charge in [-0.05, 0) is 49.2 Å². The third-order valence-corrected chi connectivity index (χ3v) is 2.49. The molecule has 1 unspecified atom stereocenters. The summed E-state index contributed by atoms with van der Waals surface area (Å²) >= 11 is 0. The average Bonchev–Trinajstić information content (AvgIpc) is 2.22. The highest BCUT2D eigenvalue weighted by Gasteiger charge is 2.11. The lowest BCUT2D eigenvalue weighted by molar-refractivity contribution is 0.544. The average molecular weight is 213 g/mol. The molecule has 1 nitrogen and oxygen atoms in total. The van der Waals surface area contributed by atoms with E-state index in [0.717, 1.165) is 25.6 Å². The number of benzene rings is 1. The number of halogens is 2. The predicted octanol–water partition coefficient (Wildman–Crippen LogP) is 3.07. The molecule has 0 spiro atoms. The molecule has 1 rings (SSSR count). The van der Waals surface area contributed by atoms with Crippen LogP contribution in [0.1, 0.15) is 31.7 Å². The fourth-order valence-electron chi connectivity index (χ4n) is 1.54. The summed E-state index contributed by atoms with van der Waals surface area (Å²) in [5.41, 5.74) is 0.466. The van der Waals surface area contributed by atoms with Crippen molar-refractivity contribution in [2.45, 2.75) is 26.2 Å². The molecule has 0 aromatic heterocycles. The molecular formula is C12H17F2N. The van der Waals surface area contributed by atoms with Crippen LogP contribution < -0.4 is 5.32 Å². The Balaban J connectivity index is 2.64. The van der Waals surface area contributed by atoms with Gasteiger partial charge in [-0.15, -0.1) is 0 Å². The van der Waals surface area contributed by atoms with Crippen molar-refractivity contribution in [1.29, 1.82) is 0 Å². The highest BCUT2D eigenvalue weighted by atomic mass is 19.1. The van der Waals surface area contributed by atoms with Gasteiger partial charge in [-0.1, -0.05) is 13.8 Å². The summed E-state index contributed by atoms with van der Waals surface area (Å²) in [6, 6.07) is 3.62. The largest absolute Gasteiger partial charge is 0.317 e. The minimum atomic E-state index is -0.373. The Bertz CT molecular complexity index is 312. The molecule has 0 fully saturated rings. The van der Waals surface area contributed by atoms with Gasteiger partial charge in [0.1, 0.15) is 11.6 Å². The first-order valence-electron chi connectivity index (χ1n) is 5.30. The lowest BCUT2D eigenvalue weighted by Crippen LogP contribution is -2.16. The zero-order valence-electron chi connectivity index (χ0n) is 9.19. The van der Waals surface area contributed by atoms with Gasteiger partial charge in [-0.25, -0.2) is 8.78 Å². The smallest absolute Gasteiger partial charge is 0.126 e. The number of hydrogen-bond donors (Lipinski definition) is 1. The molecule has 1 aromatic carbocycles. The maximum absolute atomic E-state index is 13.3. The molecule has 3 heteroatoms. The van der Waals surface area contributed by atoms with Gasteiger partial charge in [0.15, 0.2) is 0 Å². The van der Waals surface area contributed by atoms with Crippen molar-refractivity contribution in [2.75, 3.05) is 13.1 Å². The van der Waals surface area contributed by atoms with Crippen LogP contribution in [-0.4, -0.2) is 13.1 Å². The summed E-state index contributed by atoms with van der Waals surface area (Å²) in [7, 11) is 0. The first-order valence-corrected chi connectivity index (χ1v) is 5.30. The van der Waals surface area contributed by atoms with E-state index in [1.807, 2.05) is 13.8 Å². The molecule has 0 saturated heterocycles. The minimum absolute atomic E-state index is 0.0414. The van der Waals surface area contributed by atoms with Gasteiger partial charge in [-0.3, -0.25) is 0 Å². The molecule has 0 radical (unpaired) electrons. The summed E-state index contributed by atoms with van der Waals surface area (Å²) in [6.07, 6.45) is 0.814. The van der Waals surface area contributed by atoms with Crippen LogP contribution in [0.3, 0.4) is 0 Å². The van der Waals surface area contributed by atoms with Crippen molar-refractivity contribution in [3.63, 3.8) is 0 Å². The second-order valence-electron chi connectivity index (χ2n) is 3.71. The Morgan fingerprint density at radius 1 is 1.33 bits per heavy atom. The summed E-state index contributed by atoms with van der Waals surface area (Å²) in [6.45, 7) is 5.66. The van der Waals surface area contributed by atoms with Gasteiger partial charge in [0.05, 0.1) is 0 Å². The zero-order valence-corrected chi connectivity index (χ0v) is 9.19. The zero-order chi connectivity index (χ0) is 11.3. The van der Waals surface area contributed by atoms with E-state index in [1.54, 1.807) is 0 Å². The summed E-state index contributed by atoms with van der Waals surface area (Å²) in [5, 5.41) is 3.17. The predicted molar refractivity (Wildman–Crippen MR) is 57.9 cm³/mol. The molecule has 1 aromatic rings. The quantitative estimate of drug-likeness (QED) is 0.741. The Kier molecular flexibility index (Phi) is 4.69. The molecular weight excluding hydrogens is 196 g/mol. The van der Waals surface area contributed by atoms with E-state index in [1.165, 1.54) is 12.1 Å². The van der Waals surface area contributed by atoms with Crippen LogP contribution >= 0.6 is 0 Å². The summed E-state index contributed by atoms with van der Waals surface area (Å²) in [4.78, 5) is 0. The Morgan fingerprint density at radius 3 is 2.73 bits per heavy atom. The van der Waals surface area contributed by atoms with Crippen LogP contribution in [0.25, 0.3) is 0 Å². The molecule has 0 bridgehead atoms. The van der Waals surface area contributed by atoms with Crippen LogP contribution in [-0.2, 0) is 0 Å². The molecule has 0 aliphatic carbocycles. The van der Waals surface area contributed by atoms with E-state index < -0.39 is 0 Å². The lowest BCUT2D eigenvalue weighted by atomic mass is 9.97. The van der Waals surface area contributed by atoms with Gasteiger partial charge in [0.25, 0.3) is 0 Å². The second kappa shape index (κ2) is 5.81. The number of rotatable bonds is 5. The SMILES string of the molecule is CCNCCC(C)c1cc(F)ccc1F. The van der Waals surface area contributed by atoms with E-state index in [0.29, 0.717) is 5.56 Å². The first-order chi connectivity index (χ1) is 7.15. The van der Waals surface area contributed by atoms with Crippen LogP contribution in [0.5, 0.6) is 0 Å². The third kappa shape index (κ3) is 3.59. The van der Waals surface area contributed by atoms with Crippen molar-refractivity contribution >= 4 is 0 Å². The van der Waals surface area contributed by atoms with Crippen molar-refractivity contribution in [3.05, 3.63) is 35.4 Å². The normalized spacial score (nSPS) is 12.8. The van der Waals surface area contributed by atoms with Gasteiger partial charge in [0, 0.05) is 0 Å². The van der Waals surface area contributed by atoms with Crippen molar-refractivity contribution < 1.29 is 8.78 Å². The maximum Gasteiger partial charge on any atom is 0.126 e. The van der Waals surface area contributed by atoms with Crippen molar-refractivity contribution in [1.82, 2.24) is 5.32 Å². The summed E-state index contributed by atoms with van der Waals surface area (Å²) in [5.74, 6) is -0.651. The fourth-order valence-corrected chi connectivity index (χ4v) is 1.54. The van der Waals surface area contributed by atoms with Gasteiger partial charge in [0.2, 0.25) is 0 Å². The second-order valence-corrected chi connectivity index (χ2v) is 3.71. The number of nitrogens with one attached hydrogen (secondary N) is 1. The molecule has 1 N–H and O–H groups in total. The molecule has 15 heavy (non-hydrogen) atoms. The molecule has 0 aliphatic rings. The van der Waals surface area contributed by atoms with Gasteiger partial charge < -0.3 is 5.32 Å². The molecule has 0 heterocycles. The molecule has 0 aliphatic heterocycles. The standard InChI is InChI=1S/C12H17F2N/c1-3-15-7-6-9(2)11-8-10(13)4-5-12(11)14/h4-5,8-9,15H,3,6-7H2,1-2H3. The van der Waals surface area contributed by atoms with Crippen LogP contribution in [0.15, 0.2) is 18.2 Å². The van der Waals surface area contributed by atoms with Crippen LogP contribution in [0.2, 0.25) is 0 Å². The highest BCUT2D eigenvalue weighted by molar-refractivity contribution is 5.22. The number of hydrogen-bond acceptors (Lipinski definition) is 1. The lowest BCUT2D eigenvalue weighted by Gasteiger charge is -2.12. The van der Waals surface area contributed by atoms with Gasteiger partial charge >= 0.3 is 0 Å². The molecule has 1 atom stereocenters. The first kappa shape index (κ1) is 12.1. The molecule has 0 amide bonds. The monoisotopic (exact) mass is 213 g/mol. The Morgan fingerprint density at radius 2 is 2.07 bits per heavy atom. The van der Waals surface area contributed by atoms with E-state index in [-0.39, 0.29) is 17.6 Å². The fraction of sp³-hybridized carbons (Fsp3) is 0.500. The van der Waals surface area contributed by atoms with Gasteiger partial charge in [-0.2, -0.15) is 0 Å². The van der Waals surface area contributed by atoms with E-state index in [4.69, 9.17) is 0 Å². The van der Waals surface area contributed by atoms with Crippen LogP contribution in [0, 0.1) is 11.6 Å². The van der Waals surface area contributed by atoms with E-state index in [9.17, 15) is 8.78 Å². The topological polar surface area (TPSA) is 12.0 Å². The molecule has 0 saturated carbocycles. The van der Waals surface area contributed by atoms with E-state index in [2.05, 4.69) is 5.32 Å². The van der Waals surface area contributed by atoms with Crippen molar-refractivity contribution in [2.24, 2.45) is 0 Å². The highest BCUT2D eigenvalue weighted by Crippen LogP contribution is 2.22. The van der Waals surface area contributed by atoms with E-state index >= 15 is 0 Å². The maximum atomic E-state index is 13.3. The Labute approximate surface area is 89.5 Å². The molecule has 84 valence electrons. The van der Waals surface area contributed by atoms with Crippen LogP contribution in [0.4, 0.5) is 8.78 Å². The Hall–Kier alpha value is -0.960. The summed E-state index contributed by atoms with van der Waals surface area (Å²) < 4.78 is 26.3. The third-order valence-electron chi connectivity index (χ3n) is 2.49.